The lowest BCUT2D eigenvalue weighted by Crippen LogP contribution is -2.07. The van der Waals surface area contributed by atoms with Gasteiger partial charge in [0, 0.05) is 16.9 Å². The van der Waals surface area contributed by atoms with E-state index in [4.69, 9.17) is 16.3 Å². The molecule has 0 aromatic heterocycles. The minimum absolute atomic E-state index is 0.194. The van der Waals surface area contributed by atoms with Crippen LogP contribution < -0.4 is 10.1 Å². The third kappa shape index (κ3) is 2.79. The summed E-state index contributed by atoms with van der Waals surface area (Å²) in [6.07, 6.45) is 0.995. The van der Waals surface area contributed by atoms with Crippen LogP contribution in [-0.4, -0.2) is 6.61 Å². The van der Waals surface area contributed by atoms with Gasteiger partial charge in [-0.25, -0.2) is 0 Å². The topological polar surface area (TPSA) is 21.3 Å². The Morgan fingerprint density at radius 3 is 2.90 bits per heavy atom. The van der Waals surface area contributed by atoms with Crippen molar-refractivity contribution in [2.75, 3.05) is 11.9 Å². The molecule has 2 aromatic rings. The predicted molar refractivity (Wildman–Crippen MR) is 86.8 cm³/mol. The van der Waals surface area contributed by atoms with Crippen LogP contribution in [0.25, 0.3) is 0 Å². The maximum absolute atomic E-state index is 6.24. The van der Waals surface area contributed by atoms with Gasteiger partial charge in [0.1, 0.15) is 5.75 Å². The summed E-state index contributed by atoms with van der Waals surface area (Å²) in [5.41, 5.74) is 3.48. The normalized spacial score (nSPS) is 14.6. The third-order valence-corrected chi connectivity index (χ3v) is 4.32. The molecule has 3 rings (SSSR count). The molecule has 0 spiro atoms. The van der Waals surface area contributed by atoms with Gasteiger partial charge in [0.2, 0.25) is 0 Å². The summed E-state index contributed by atoms with van der Waals surface area (Å²) in [7, 11) is 0. The van der Waals surface area contributed by atoms with E-state index in [0.717, 1.165) is 34.0 Å². The van der Waals surface area contributed by atoms with E-state index in [9.17, 15) is 0 Å². The first-order valence-corrected chi connectivity index (χ1v) is 7.78. The number of anilines is 1. The molecule has 1 aliphatic heterocycles. The van der Waals surface area contributed by atoms with Crippen LogP contribution in [0, 0.1) is 0 Å². The number of nitrogens with one attached hydrogen (secondary N) is 1. The largest absolute Gasteiger partial charge is 0.493 e. The van der Waals surface area contributed by atoms with E-state index in [1.165, 1.54) is 11.1 Å². The Kier molecular flexibility index (Phi) is 3.90. The SMILES string of the molecule is CC(Nc1ccc(Br)cc1Cl)c1ccc2c(c1)CCO2. The molecule has 0 fully saturated rings. The second-order valence-electron chi connectivity index (χ2n) is 4.96. The monoisotopic (exact) mass is 351 g/mol. The second kappa shape index (κ2) is 5.66. The van der Waals surface area contributed by atoms with E-state index in [-0.39, 0.29) is 6.04 Å². The first kappa shape index (κ1) is 13.8. The van der Waals surface area contributed by atoms with Gasteiger partial charge in [0.25, 0.3) is 0 Å². The number of ether oxygens (including phenoxy) is 1. The Bertz CT molecular complexity index is 644. The molecule has 1 atom stereocenters. The van der Waals surface area contributed by atoms with E-state index in [2.05, 4.69) is 46.4 Å². The Labute approximate surface area is 132 Å². The summed E-state index contributed by atoms with van der Waals surface area (Å²) >= 11 is 9.66. The van der Waals surface area contributed by atoms with Crippen LogP contribution in [0.3, 0.4) is 0 Å². The van der Waals surface area contributed by atoms with Gasteiger partial charge < -0.3 is 10.1 Å². The molecule has 0 aliphatic carbocycles. The van der Waals surface area contributed by atoms with Crippen LogP contribution in [0.4, 0.5) is 5.69 Å². The van der Waals surface area contributed by atoms with Gasteiger partial charge in [-0.15, -0.1) is 0 Å². The van der Waals surface area contributed by atoms with E-state index >= 15 is 0 Å². The molecule has 2 aromatic carbocycles. The minimum Gasteiger partial charge on any atom is -0.493 e. The molecule has 4 heteroatoms. The lowest BCUT2D eigenvalue weighted by molar-refractivity contribution is 0.357. The van der Waals surface area contributed by atoms with Crippen LogP contribution in [0.1, 0.15) is 24.1 Å². The van der Waals surface area contributed by atoms with Crippen LogP contribution in [0.15, 0.2) is 40.9 Å². The number of hydrogen-bond donors (Lipinski definition) is 1. The van der Waals surface area contributed by atoms with Gasteiger partial charge >= 0.3 is 0 Å². The molecular formula is C16H15BrClNO. The van der Waals surface area contributed by atoms with Gasteiger partial charge in [-0.05, 0) is 48.4 Å². The highest BCUT2D eigenvalue weighted by Gasteiger charge is 2.15. The van der Waals surface area contributed by atoms with Crippen molar-refractivity contribution in [3.05, 3.63) is 57.0 Å². The lowest BCUT2D eigenvalue weighted by Gasteiger charge is -2.17. The summed E-state index contributed by atoms with van der Waals surface area (Å²) in [6.45, 7) is 2.93. The fraction of sp³-hybridized carbons (Fsp3) is 0.250. The zero-order chi connectivity index (χ0) is 14.1. The van der Waals surface area contributed by atoms with Crippen molar-refractivity contribution in [1.29, 1.82) is 0 Å². The summed E-state index contributed by atoms with van der Waals surface area (Å²) in [6, 6.07) is 12.4. The zero-order valence-electron chi connectivity index (χ0n) is 11.1. The van der Waals surface area contributed by atoms with Crippen LogP contribution in [0.2, 0.25) is 5.02 Å². The van der Waals surface area contributed by atoms with Crippen molar-refractivity contribution < 1.29 is 4.74 Å². The van der Waals surface area contributed by atoms with E-state index in [0.29, 0.717) is 0 Å². The van der Waals surface area contributed by atoms with Crippen molar-refractivity contribution in [2.24, 2.45) is 0 Å². The van der Waals surface area contributed by atoms with Crippen molar-refractivity contribution >= 4 is 33.2 Å². The predicted octanol–water partition coefficient (Wildman–Crippen LogP) is 5.21. The van der Waals surface area contributed by atoms with E-state index in [1.807, 2.05) is 18.2 Å². The molecule has 2 nitrogen and oxygen atoms in total. The molecule has 0 amide bonds. The minimum atomic E-state index is 0.194. The molecule has 20 heavy (non-hydrogen) atoms. The fourth-order valence-corrected chi connectivity index (χ4v) is 3.13. The summed E-state index contributed by atoms with van der Waals surface area (Å²) in [5.74, 6) is 1.02. The maximum atomic E-state index is 6.24. The Balaban J connectivity index is 1.80. The molecular weight excluding hydrogens is 338 g/mol. The molecule has 1 N–H and O–H groups in total. The summed E-state index contributed by atoms with van der Waals surface area (Å²) < 4.78 is 6.52. The average Bonchev–Trinajstić information content (AvgIpc) is 2.89. The zero-order valence-corrected chi connectivity index (χ0v) is 13.5. The average molecular weight is 353 g/mol. The number of hydrogen-bond acceptors (Lipinski definition) is 2. The molecule has 1 aliphatic rings. The van der Waals surface area contributed by atoms with Gasteiger partial charge in [-0.1, -0.05) is 33.6 Å². The standard InChI is InChI=1S/C16H15BrClNO/c1-10(19-15-4-3-13(17)9-14(15)18)11-2-5-16-12(8-11)6-7-20-16/h2-5,8-10,19H,6-7H2,1H3. The van der Waals surface area contributed by atoms with Crippen molar-refractivity contribution in [1.82, 2.24) is 0 Å². The number of benzene rings is 2. The maximum Gasteiger partial charge on any atom is 0.122 e. The number of fused-ring (bicyclic) bond motifs is 1. The number of rotatable bonds is 3. The first-order valence-electron chi connectivity index (χ1n) is 6.61. The Hall–Kier alpha value is -1.19. The summed E-state index contributed by atoms with van der Waals surface area (Å²) in [5, 5.41) is 4.17. The van der Waals surface area contributed by atoms with Crippen LogP contribution in [0.5, 0.6) is 5.75 Å². The Morgan fingerprint density at radius 1 is 1.25 bits per heavy atom. The van der Waals surface area contributed by atoms with E-state index in [1.54, 1.807) is 0 Å². The molecule has 0 radical (unpaired) electrons. The fourth-order valence-electron chi connectivity index (χ4n) is 2.40. The molecule has 104 valence electrons. The Morgan fingerprint density at radius 2 is 2.10 bits per heavy atom. The van der Waals surface area contributed by atoms with Crippen LogP contribution >= 0.6 is 27.5 Å². The molecule has 0 saturated carbocycles. The molecule has 1 unspecified atom stereocenters. The van der Waals surface area contributed by atoms with Gasteiger partial charge in [0.05, 0.1) is 17.3 Å². The van der Waals surface area contributed by atoms with Gasteiger partial charge in [-0.3, -0.25) is 0 Å². The molecule has 0 bridgehead atoms. The van der Waals surface area contributed by atoms with Crippen molar-refractivity contribution in [3.63, 3.8) is 0 Å². The first-order chi connectivity index (χ1) is 9.63. The highest BCUT2D eigenvalue weighted by atomic mass is 79.9. The molecule has 1 heterocycles. The number of halogens is 2. The quantitative estimate of drug-likeness (QED) is 0.818. The van der Waals surface area contributed by atoms with Gasteiger partial charge in [-0.2, -0.15) is 0 Å². The van der Waals surface area contributed by atoms with Crippen molar-refractivity contribution in [2.45, 2.75) is 19.4 Å². The van der Waals surface area contributed by atoms with Crippen molar-refractivity contribution in [3.8, 4) is 5.75 Å². The highest BCUT2D eigenvalue weighted by Crippen LogP contribution is 2.32. The lowest BCUT2D eigenvalue weighted by atomic mass is 10.0. The van der Waals surface area contributed by atoms with Crippen LogP contribution in [-0.2, 0) is 6.42 Å². The second-order valence-corrected chi connectivity index (χ2v) is 6.28. The van der Waals surface area contributed by atoms with Gasteiger partial charge in [0.15, 0.2) is 0 Å². The smallest absolute Gasteiger partial charge is 0.122 e. The molecule has 0 saturated heterocycles. The highest BCUT2D eigenvalue weighted by molar-refractivity contribution is 9.10. The summed E-state index contributed by atoms with van der Waals surface area (Å²) in [4.78, 5) is 0. The third-order valence-electron chi connectivity index (χ3n) is 3.52. The van der Waals surface area contributed by atoms with E-state index < -0.39 is 0 Å².